The summed E-state index contributed by atoms with van der Waals surface area (Å²) >= 11 is 1.47. The predicted octanol–water partition coefficient (Wildman–Crippen LogP) is 2.15. The number of thiazole rings is 1. The molecule has 1 aromatic heterocycles. The van der Waals surface area contributed by atoms with Crippen molar-refractivity contribution < 1.29 is 9.59 Å². The van der Waals surface area contributed by atoms with Crippen LogP contribution >= 0.6 is 11.3 Å². The molecule has 2 N–H and O–H groups in total. The van der Waals surface area contributed by atoms with Crippen molar-refractivity contribution in [1.82, 2.24) is 9.88 Å². The summed E-state index contributed by atoms with van der Waals surface area (Å²) in [4.78, 5) is 29.8. The second kappa shape index (κ2) is 6.27. The molecule has 0 aliphatic carbocycles. The van der Waals surface area contributed by atoms with Crippen LogP contribution in [0.2, 0.25) is 0 Å². The standard InChI is InChI=1S/C16H17N3O2S/c17-14(20)11-6-8-19(9-7-11)16(21)13-10-22-15(18-13)12-4-2-1-3-5-12/h1-5,10-11H,6-9H2,(H2,17,20). The van der Waals surface area contributed by atoms with Gasteiger partial charge in [-0.3, -0.25) is 9.59 Å². The third-order valence-electron chi connectivity index (χ3n) is 3.93. The van der Waals surface area contributed by atoms with Crippen molar-refractivity contribution in [3.63, 3.8) is 0 Å². The van der Waals surface area contributed by atoms with E-state index < -0.39 is 0 Å². The predicted molar refractivity (Wildman–Crippen MR) is 85.4 cm³/mol. The summed E-state index contributed by atoms with van der Waals surface area (Å²) in [5, 5.41) is 2.64. The maximum Gasteiger partial charge on any atom is 0.273 e. The molecule has 1 saturated heterocycles. The molecule has 3 rings (SSSR count). The number of benzene rings is 1. The Kier molecular flexibility index (Phi) is 4.20. The first kappa shape index (κ1) is 14.7. The second-order valence-corrected chi connectivity index (χ2v) is 6.23. The Morgan fingerprint density at radius 3 is 2.50 bits per heavy atom. The van der Waals surface area contributed by atoms with Crippen molar-refractivity contribution in [2.45, 2.75) is 12.8 Å². The van der Waals surface area contributed by atoms with Gasteiger partial charge in [0.15, 0.2) is 0 Å². The van der Waals surface area contributed by atoms with Gasteiger partial charge in [-0.05, 0) is 12.8 Å². The van der Waals surface area contributed by atoms with Crippen LogP contribution in [0, 0.1) is 5.92 Å². The van der Waals surface area contributed by atoms with E-state index in [0.717, 1.165) is 10.6 Å². The molecule has 22 heavy (non-hydrogen) atoms. The Hall–Kier alpha value is -2.21. The van der Waals surface area contributed by atoms with E-state index in [0.29, 0.717) is 31.6 Å². The Morgan fingerprint density at radius 1 is 1.18 bits per heavy atom. The number of primary amides is 1. The van der Waals surface area contributed by atoms with Gasteiger partial charge in [0.2, 0.25) is 5.91 Å². The van der Waals surface area contributed by atoms with Crippen molar-refractivity contribution >= 4 is 23.2 Å². The number of likely N-dealkylation sites (tertiary alicyclic amines) is 1. The minimum atomic E-state index is -0.271. The zero-order chi connectivity index (χ0) is 15.5. The van der Waals surface area contributed by atoms with E-state index in [2.05, 4.69) is 4.98 Å². The average molecular weight is 315 g/mol. The fourth-order valence-electron chi connectivity index (χ4n) is 2.61. The van der Waals surface area contributed by atoms with Gasteiger partial charge in [-0.2, -0.15) is 0 Å². The highest BCUT2D eigenvalue weighted by molar-refractivity contribution is 7.13. The van der Waals surface area contributed by atoms with Gasteiger partial charge >= 0.3 is 0 Å². The lowest BCUT2D eigenvalue weighted by atomic mass is 9.96. The van der Waals surface area contributed by atoms with E-state index in [1.807, 2.05) is 30.3 Å². The third-order valence-corrected chi connectivity index (χ3v) is 4.82. The van der Waals surface area contributed by atoms with Crippen LogP contribution in [0.4, 0.5) is 0 Å². The second-order valence-electron chi connectivity index (χ2n) is 5.37. The summed E-state index contributed by atoms with van der Waals surface area (Å²) in [6, 6.07) is 9.81. The summed E-state index contributed by atoms with van der Waals surface area (Å²) in [6.45, 7) is 1.12. The average Bonchev–Trinajstić information content (AvgIpc) is 3.05. The maximum absolute atomic E-state index is 12.5. The fourth-order valence-corrected chi connectivity index (χ4v) is 3.41. The van der Waals surface area contributed by atoms with Crippen molar-refractivity contribution in [3.05, 3.63) is 41.4 Å². The van der Waals surface area contributed by atoms with Gasteiger partial charge in [-0.25, -0.2) is 4.98 Å². The summed E-state index contributed by atoms with van der Waals surface area (Å²) in [6.07, 6.45) is 1.27. The van der Waals surface area contributed by atoms with E-state index in [4.69, 9.17) is 5.73 Å². The topological polar surface area (TPSA) is 76.3 Å². The summed E-state index contributed by atoms with van der Waals surface area (Å²) in [5.74, 6) is -0.451. The Balaban J connectivity index is 1.69. The van der Waals surface area contributed by atoms with Crippen LogP contribution in [0.25, 0.3) is 10.6 Å². The van der Waals surface area contributed by atoms with E-state index >= 15 is 0 Å². The van der Waals surface area contributed by atoms with E-state index in [1.165, 1.54) is 11.3 Å². The first-order valence-electron chi connectivity index (χ1n) is 7.24. The lowest BCUT2D eigenvalue weighted by molar-refractivity contribution is -0.123. The SMILES string of the molecule is NC(=O)C1CCN(C(=O)c2csc(-c3ccccc3)n2)CC1. The van der Waals surface area contributed by atoms with Crippen molar-refractivity contribution in [2.24, 2.45) is 11.7 Å². The molecule has 1 fully saturated rings. The lowest BCUT2D eigenvalue weighted by Crippen LogP contribution is -2.41. The van der Waals surface area contributed by atoms with E-state index in [9.17, 15) is 9.59 Å². The molecule has 0 spiro atoms. The molecule has 0 radical (unpaired) electrons. The van der Waals surface area contributed by atoms with Gasteiger partial charge in [0.1, 0.15) is 10.7 Å². The molecule has 0 atom stereocenters. The smallest absolute Gasteiger partial charge is 0.273 e. The quantitative estimate of drug-likeness (QED) is 0.943. The molecule has 1 aliphatic rings. The summed E-state index contributed by atoms with van der Waals surface area (Å²) in [7, 11) is 0. The number of nitrogens with two attached hydrogens (primary N) is 1. The highest BCUT2D eigenvalue weighted by Gasteiger charge is 2.27. The number of amides is 2. The number of hydrogen-bond donors (Lipinski definition) is 1. The molecule has 1 aromatic carbocycles. The number of carbonyl (C=O) groups is 2. The fraction of sp³-hybridized carbons (Fsp3) is 0.312. The van der Waals surface area contributed by atoms with Crippen molar-refractivity contribution in [3.8, 4) is 10.6 Å². The van der Waals surface area contributed by atoms with Crippen LogP contribution in [0.5, 0.6) is 0 Å². The lowest BCUT2D eigenvalue weighted by Gasteiger charge is -2.30. The molecule has 0 bridgehead atoms. The van der Waals surface area contributed by atoms with Crippen LogP contribution < -0.4 is 5.73 Å². The molecule has 0 saturated carbocycles. The number of carbonyl (C=O) groups excluding carboxylic acids is 2. The Labute approximate surface area is 132 Å². The molecule has 5 nitrogen and oxygen atoms in total. The van der Waals surface area contributed by atoms with Crippen LogP contribution in [-0.4, -0.2) is 34.8 Å². The molecule has 6 heteroatoms. The molecule has 2 amide bonds. The van der Waals surface area contributed by atoms with E-state index in [-0.39, 0.29) is 17.7 Å². The number of hydrogen-bond acceptors (Lipinski definition) is 4. The number of aromatic nitrogens is 1. The normalized spacial score (nSPS) is 15.7. The number of rotatable bonds is 3. The highest BCUT2D eigenvalue weighted by Crippen LogP contribution is 2.25. The van der Waals surface area contributed by atoms with Gasteiger partial charge in [0.25, 0.3) is 5.91 Å². The maximum atomic E-state index is 12.5. The zero-order valence-electron chi connectivity index (χ0n) is 12.1. The molecule has 114 valence electrons. The molecule has 2 aromatic rings. The molecule has 2 heterocycles. The third kappa shape index (κ3) is 3.01. The van der Waals surface area contributed by atoms with Crippen LogP contribution in [0.1, 0.15) is 23.3 Å². The van der Waals surface area contributed by atoms with Crippen molar-refractivity contribution in [2.75, 3.05) is 13.1 Å². The van der Waals surface area contributed by atoms with Crippen LogP contribution in [0.3, 0.4) is 0 Å². The van der Waals surface area contributed by atoms with Gasteiger partial charge in [0, 0.05) is 30.0 Å². The molecular weight excluding hydrogens is 298 g/mol. The Bertz CT molecular complexity index is 676. The van der Waals surface area contributed by atoms with Crippen LogP contribution in [0.15, 0.2) is 35.7 Å². The van der Waals surface area contributed by atoms with Gasteiger partial charge in [-0.1, -0.05) is 30.3 Å². The van der Waals surface area contributed by atoms with E-state index in [1.54, 1.807) is 10.3 Å². The zero-order valence-corrected chi connectivity index (χ0v) is 12.9. The Morgan fingerprint density at radius 2 is 1.86 bits per heavy atom. The van der Waals surface area contributed by atoms with Gasteiger partial charge < -0.3 is 10.6 Å². The van der Waals surface area contributed by atoms with Crippen LogP contribution in [-0.2, 0) is 4.79 Å². The monoisotopic (exact) mass is 315 g/mol. The van der Waals surface area contributed by atoms with Crippen molar-refractivity contribution in [1.29, 1.82) is 0 Å². The molecule has 1 aliphatic heterocycles. The summed E-state index contributed by atoms with van der Waals surface area (Å²) < 4.78 is 0. The molecular formula is C16H17N3O2S. The number of piperidine rings is 1. The first-order chi connectivity index (χ1) is 10.6. The van der Waals surface area contributed by atoms with Gasteiger partial charge in [0.05, 0.1) is 0 Å². The largest absolute Gasteiger partial charge is 0.369 e. The highest BCUT2D eigenvalue weighted by atomic mass is 32.1. The molecule has 0 unspecified atom stereocenters. The number of nitrogens with zero attached hydrogens (tertiary/aromatic N) is 2. The minimum absolute atomic E-state index is 0.0682. The van der Waals surface area contributed by atoms with Gasteiger partial charge in [-0.15, -0.1) is 11.3 Å². The first-order valence-corrected chi connectivity index (χ1v) is 8.12. The summed E-state index contributed by atoms with van der Waals surface area (Å²) in [5.41, 5.74) is 6.80. The minimum Gasteiger partial charge on any atom is -0.369 e.